The largest absolute Gasteiger partial charge is 0.378 e. The highest BCUT2D eigenvalue weighted by Gasteiger charge is 2.24. The first kappa shape index (κ1) is 20.6. The zero-order valence-corrected chi connectivity index (χ0v) is 18.2. The minimum Gasteiger partial charge on any atom is -0.378 e. The van der Waals surface area contributed by atoms with E-state index in [4.69, 9.17) is 9.72 Å². The molecule has 2 fully saturated rings. The summed E-state index contributed by atoms with van der Waals surface area (Å²) in [6, 6.07) is 10.2. The van der Waals surface area contributed by atoms with Crippen LogP contribution in [0.2, 0.25) is 0 Å². The highest BCUT2D eigenvalue weighted by molar-refractivity contribution is 5.92. The maximum Gasteiger partial charge on any atom is 0.264 e. The topological polar surface area (TPSA) is 80.6 Å². The van der Waals surface area contributed by atoms with Crippen LogP contribution in [-0.2, 0) is 16.6 Å². The summed E-state index contributed by atoms with van der Waals surface area (Å²) in [7, 11) is 1.70. The van der Waals surface area contributed by atoms with Crippen molar-refractivity contribution in [2.45, 2.75) is 12.8 Å². The normalized spacial score (nSPS) is 19.3. The molecule has 4 heterocycles. The van der Waals surface area contributed by atoms with E-state index in [2.05, 4.69) is 39.0 Å². The van der Waals surface area contributed by atoms with E-state index in [9.17, 15) is 9.59 Å². The number of anilines is 2. The first-order valence-corrected chi connectivity index (χ1v) is 11.1. The van der Waals surface area contributed by atoms with Crippen LogP contribution < -0.4 is 15.4 Å². The monoisotopic (exact) mass is 433 g/mol. The van der Waals surface area contributed by atoms with Crippen molar-refractivity contribution in [1.82, 2.24) is 14.5 Å². The van der Waals surface area contributed by atoms with Crippen molar-refractivity contribution in [3.8, 4) is 11.3 Å². The average Bonchev–Trinajstić information content (AvgIpc) is 2.86. The lowest BCUT2D eigenvalue weighted by Gasteiger charge is -2.32. The molecule has 32 heavy (non-hydrogen) atoms. The Morgan fingerprint density at radius 1 is 1.09 bits per heavy atom. The highest BCUT2D eigenvalue weighted by atomic mass is 16.5. The molecule has 1 atom stereocenters. The zero-order chi connectivity index (χ0) is 22.1. The third kappa shape index (κ3) is 3.86. The molecule has 0 radical (unpaired) electrons. The Morgan fingerprint density at radius 2 is 1.88 bits per heavy atom. The number of carbonyl (C=O) groups is 1. The molecule has 0 bridgehead atoms. The average molecular weight is 434 g/mol. The van der Waals surface area contributed by atoms with Crippen molar-refractivity contribution in [2.75, 3.05) is 49.2 Å². The molecule has 2 aliphatic rings. The lowest BCUT2D eigenvalue weighted by molar-refractivity contribution is -0.111. The van der Waals surface area contributed by atoms with Gasteiger partial charge in [0, 0.05) is 50.4 Å². The Morgan fingerprint density at radius 3 is 2.62 bits per heavy atom. The fourth-order valence-corrected chi connectivity index (χ4v) is 4.56. The second kappa shape index (κ2) is 8.70. The van der Waals surface area contributed by atoms with Crippen LogP contribution in [0.1, 0.15) is 12.8 Å². The number of aryl methyl sites for hydroxylation is 1. The molecular formula is C24H27N5O3. The summed E-state index contributed by atoms with van der Waals surface area (Å²) >= 11 is 0. The molecule has 5 rings (SSSR count). The number of pyridine rings is 1. The number of hydrogen-bond donors (Lipinski definition) is 0. The fraction of sp³-hybridized carbons (Fsp3) is 0.417. The third-order valence-electron chi connectivity index (χ3n) is 6.37. The van der Waals surface area contributed by atoms with Gasteiger partial charge in [0.25, 0.3) is 5.56 Å². The van der Waals surface area contributed by atoms with Gasteiger partial charge in [0.1, 0.15) is 17.5 Å². The smallest absolute Gasteiger partial charge is 0.264 e. The molecule has 8 heteroatoms. The van der Waals surface area contributed by atoms with Crippen molar-refractivity contribution >= 4 is 28.7 Å². The van der Waals surface area contributed by atoms with Gasteiger partial charge in [0.2, 0.25) is 0 Å². The summed E-state index contributed by atoms with van der Waals surface area (Å²) in [5, 5.41) is 0.509. The Kier molecular flexibility index (Phi) is 5.61. The Bertz CT molecular complexity index is 1180. The van der Waals surface area contributed by atoms with E-state index in [1.54, 1.807) is 13.4 Å². The number of rotatable bonds is 4. The van der Waals surface area contributed by atoms with Gasteiger partial charge in [-0.1, -0.05) is 12.1 Å². The van der Waals surface area contributed by atoms with Gasteiger partial charge in [0.05, 0.1) is 30.8 Å². The predicted octanol–water partition coefficient (Wildman–Crippen LogP) is 2.25. The van der Waals surface area contributed by atoms with Crippen molar-refractivity contribution in [3.05, 3.63) is 47.0 Å². The first-order valence-electron chi connectivity index (χ1n) is 11.1. The molecule has 0 saturated carbocycles. The van der Waals surface area contributed by atoms with E-state index in [1.165, 1.54) is 4.57 Å². The van der Waals surface area contributed by atoms with Gasteiger partial charge in [-0.3, -0.25) is 4.79 Å². The molecule has 0 amide bonds. The van der Waals surface area contributed by atoms with Gasteiger partial charge < -0.3 is 23.9 Å². The number of ether oxygens (including phenoxy) is 1. The molecule has 3 aromatic rings. The second-order valence-corrected chi connectivity index (χ2v) is 8.52. The van der Waals surface area contributed by atoms with Crippen molar-refractivity contribution in [1.29, 1.82) is 0 Å². The van der Waals surface area contributed by atoms with Crippen LogP contribution in [0.5, 0.6) is 0 Å². The molecule has 1 unspecified atom stereocenters. The Labute approximate surface area is 186 Å². The van der Waals surface area contributed by atoms with Gasteiger partial charge in [-0.05, 0) is 31.0 Å². The summed E-state index contributed by atoms with van der Waals surface area (Å²) in [6.45, 7) is 4.60. The summed E-state index contributed by atoms with van der Waals surface area (Å²) in [5.41, 5.74) is 3.40. The van der Waals surface area contributed by atoms with E-state index < -0.39 is 0 Å². The van der Waals surface area contributed by atoms with Crippen LogP contribution in [0.25, 0.3) is 22.2 Å². The summed E-state index contributed by atoms with van der Waals surface area (Å²) < 4.78 is 6.92. The number of nitrogens with zero attached hydrogens (tertiary/aromatic N) is 5. The Balaban J connectivity index is 1.57. The third-order valence-corrected chi connectivity index (χ3v) is 6.37. The Hall–Kier alpha value is -3.26. The van der Waals surface area contributed by atoms with Crippen LogP contribution in [0.3, 0.4) is 0 Å². The first-order chi connectivity index (χ1) is 15.6. The SMILES string of the molecule is Cn1cnc2cc(-c3ccc(N4CCOCC4)cc3)nc(N3CCCC(C=O)C3)c2c1=O. The number of carbonyl (C=O) groups excluding carboxylic acids is 1. The zero-order valence-electron chi connectivity index (χ0n) is 18.2. The molecule has 0 aliphatic carbocycles. The van der Waals surface area contributed by atoms with Crippen molar-refractivity contribution in [3.63, 3.8) is 0 Å². The predicted molar refractivity (Wildman–Crippen MR) is 124 cm³/mol. The highest BCUT2D eigenvalue weighted by Crippen LogP contribution is 2.30. The van der Waals surface area contributed by atoms with E-state index in [1.807, 2.05) is 6.07 Å². The van der Waals surface area contributed by atoms with E-state index in [0.29, 0.717) is 23.3 Å². The minimum absolute atomic E-state index is 0.0439. The number of aldehydes is 1. The molecule has 8 nitrogen and oxygen atoms in total. The lowest BCUT2D eigenvalue weighted by Crippen LogP contribution is -2.37. The maximum absolute atomic E-state index is 13.0. The van der Waals surface area contributed by atoms with Crippen LogP contribution in [-0.4, -0.2) is 60.2 Å². The number of fused-ring (bicyclic) bond motifs is 1. The van der Waals surface area contributed by atoms with Gasteiger partial charge in [-0.15, -0.1) is 0 Å². The lowest BCUT2D eigenvalue weighted by atomic mass is 9.99. The molecule has 2 aromatic heterocycles. The molecule has 166 valence electrons. The van der Waals surface area contributed by atoms with Crippen LogP contribution in [0.15, 0.2) is 41.5 Å². The van der Waals surface area contributed by atoms with E-state index in [-0.39, 0.29) is 11.5 Å². The van der Waals surface area contributed by atoms with Crippen LogP contribution >= 0.6 is 0 Å². The molecule has 2 saturated heterocycles. The number of benzene rings is 1. The maximum atomic E-state index is 13.0. The summed E-state index contributed by atoms with van der Waals surface area (Å²) in [6.07, 6.45) is 4.33. The number of aromatic nitrogens is 3. The van der Waals surface area contributed by atoms with Gasteiger partial charge in [0.15, 0.2) is 0 Å². The molecule has 2 aliphatic heterocycles. The molecule has 0 N–H and O–H groups in total. The summed E-state index contributed by atoms with van der Waals surface area (Å²) in [5.74, 6) is 0.576. The van der Waals surface area contributed by atoms with Crippen LogP contribution in [0, 0.1) is 5.92 Å². The minimum atomic E-state index is -0.125. The van der Waals surface area contributed by atoms with Gasteiger partial charge in [-0.2, -0.15) is 0 Å². The van der Waals surface area contributed by atoms with Crippen LogP contribution in [0.4, 0.5) is 11.5 Å². The van der Waals surface area contributed by atoms with E-state index >= 15 is 0 Å². The number of hydrogen-bond acceptors (Lipinski definition) is 7. The van der Waals surface area contributed by atoms with Gasteiger partial charge in [-0.25, -0.2) is 9.97 Å². The quantitative estimate of drug-likeness (QED) is 0.584. The molecular weight excluding hydrogens is 406 g/mol. The van der Waals surface area contributed by atoms with E-state index in [0.717, 1.165) is 68.9 Å². The molecule has 1 aromatic carbocycles. The fourth-order valence-electron chi connectivity index (χ4n) is 4.56. The van der Waals surface area contributed by atoms with Gasteiger partial charge >= 0.3 is 0 Å². The second-order valence-electron chi connectivity index (χ2n) is 8.52. The summed E-state index contributed by atoms with van der Waals surface area (Å²) in [4.78, 5) is 38.2. The number of morpholine rings is 1. The standard InChI is InChI=1S/C24H27N5O3/c1-27-16-25-21-13-20(18-4-6-19(7-5-18)28-9-11-32-12-10-28)26-23(22(21)24(27)31)29-8-2-3-17(14-29)15-30/h4-7,13,15-17H,2-3,8-12,14H2,1H3. The van der Waals surface area contributed by atoms with Crippen molar-refractivity contribution < 1.29 is 9.53 Å². The van der Waals surface area contributed by atoms with Crippen molar-refractivity contribution in [2.24, 2.45) is 13.0 Å². The number of piperidine rings is 1. The molecule has 0 spiro atoms.